The third-order valence-electron chi connectivity index (χ3n) is 3.49. The van der Waals surface area contributed by atoms with Crippen LogP contribution in [-0.2, 0) is 14.8 Å². The van der Waals surface area contributed by atoms with Gasteiger partial charge in [0.25, 0.3) is 0 Å². The molecule has 2 aromatic rings. The Bertz CT molecular complexity index is 961. The summed E-state index contributed by atoms with van der Waals surface area (Å²) in [5, 5.41) is 6.49. The molecule has 0 unspecified atom stereocenters. The Kier molecular flexibility index (Phi) is 6.40. The number of carbonyl (C=O) groups excluding carboxylic acids is 1. The molecule has 1 aromatic carbocycles. The fourth-order valence-corrected chi connectivity index (χ4v) is 3.84. The molecule has 0 saturated carbocycles. The maximum Gasteiger partial charge on any atom is 0.244 e. The molecule has 0 fully saturated rings. The molecular weight excluding hydrogens is 370 g/mol. The van der Waals surface area contributed by atoms with E-state index in [0.29, 0.717) is 22.7 Å². The fourth-order valence-electron chi connectivity index (χ4n) is 2.38. The second kappa shape index (κ2) is 8.36. The predicted octanol–water partition coefficient (Wildman–Crippen LogP) is 2.81. The number of nitrogens with zero attached hydrogens (tertiary/aromatic N) is 1. The third-order valence-corrected chi connectivity index (χ3v) is 5.17. The summed E-state index contributed by atoms with van der Waals surface area (Å²) >= 11 is 0. The van der Waals surface area contributed by atoms with E-state index in [2.05, 4.69) is 15.2 Å². The van der Waals surface area contributed by atoms with Crippen molar-refractivity contribution >= 4 is 33.8 Å². The molecule has 0 saturated heterocycles. The lowest BCUT2D eigenvalue weighted by molar-refractivity contribution is -0.114. The summed E-state index contributed by atoms with van der Waals surface area (Å²) in [6, 6.07) is 4.54. The highest BCUT2D eigenvalue weighted by Gasteiger charge is 2.20. The van der Waals surface area contributed by atoms with Gasteiger partial charge in [0.15, 0.2) is 5.76 Å². The highest BCUT2D eigenvalue weighted by atomic mass is 32.2. The third kappa shape index (κ3) is 5.18. The first kappa shape index (κ1) is 20.7. The summed E-state index contributed by atoms with van der Waals surface area (Å²) in [5.41, 5.74) is 1.63. The summed E-state index contributed by atoms with van der Waals surface area (Å²) in [4.78, 5) is 11.3. The Labute approximate surface area is 158 Å². The topological polar surface area (TPSA) is 111 Å². The molecule has 0 aliphatic heterocycles. The normalized spacial score (nSPS) is 11.9. The number of sulfonamides is 1. The first-order valence-corrected chi connectivity index (χ1v) is 9.74. The molecular formula is C18H23N3O5S. The van der Waals surface area contributed by atoms with Crippen molar-refractivity contribution < 1.29 is 22.5 Å². The molecule has 0 atom stereocenters. The molecule has 9 heteroatoms. The summed E-state index contributed by atoms with van der Waals surface area (Å²) in [7, 11) is -2.32. The van der Waals surface area contributed by atoms with Gasteiger partial charge < -0.3 is 14.6 Å². The molecule has 0 aliphatic carbocycles. The van der Waals surface area contributed by atoms with Crippen molar-refractivity contribution in [3.05, 3.63) is 35.2 Å². The number of benzene rings is 1. The van der Waals surface area contributed by atoms with E-state index in [4.69, 9.17) is 9.26 Å². The van der Waals surface area contributed by atoms with Crippen molar-refractivity contribution in [1.82, 2.24) is 9.88 Å². The number of methoxy groups -OCH3 is 1. The van der Waals surface area contributed by atoms with Crippen LogP contribution in [-0.4, -0.2) is 32.6 Å². The van der Waals surface area contributed by atoms with E-state index in [9.17, 15) is 13.2 Å². The monoisotopic (exact) mass is 393 g/mol. The van der Waals surface area contributed by atoms with E-state index < -0.39 is 10.0 Å². The van der Waals surface area contributed by atoms with Crippen LogP contribution < -0.4 is 14.8 Å². The number of hydrogen-bond acceptors (Lipinski definition) is 6. The zero-order valence-corrected chi connectivity index (χ0v) is 16.7. The standard InChI is InChI=1S/C18H23N3O5S/c1-11(2)21-27(23,24)17-10-14(6-8-15(17)25-5)7-9-16-18(19-13(4)22)12(3)20-26-16/h6-11,21H,1-5H3,(H,19,22). The number of hydrogen-bond donors (Lipinski definition) is 2. The van der Waals surface area contributed by atoms with Crippen LogP contribution in [0.25, 0.3) is 12.2 Å². The Morgan fingerprint density at radius 2 is 2.00 bits per heavy atom. The Morgan fingerprint density at radius 1 is 1.30 bits per heavy atom. The maximum absolute atomic E-state index is 12.5. The molecule has 8 nitrogen and oxygen atoms in total. The number of rotatable bonds is 7. The van der Waals surface area contributed by atoms with Crippen molar-refractivity contribution in [2.45, 2.75) is 38.6 Å². The van der Waals surface area contributed by atoms with Crippen LogP contribution in [0.1, 0.15) is 37.8 Å². The smallest absolute Gasteiger partial charge is 0.244 e. The first-order valence-electron chi connectivity index (χ1n) is 8.26. The second-order valence-electron chi connectivity index (χ2n) is 6.21. The number of amides is 1. The molecule has 0 aliphatic rings. The Morgan fingerprint density at radius 3 is 2.59 bits per heavy atom. The average molecular weight is 393 g/mol. The van der Waals surface area contributed by atoms with Crippen LogP contribution in [0, 0.1) is 6.92 Å². The number of aryl methyl sites for hydroxylation is 1. The summed E-state index contributed by atoms with van der Waals surface area (Å²) in [5.74, 6) is 0.367. The molecule has 0 spiro atoms. The van der Waals surface area contributed by atoms with Crippen LogP contribution in [0.2, 0.25) is 0 Å². The largest absolute Gasteiger partial charge is 0.495 e. The molecule has 146 valence electrons. The van der Waals surface area contributed by atoms with E-state index in [0.717, 1.165) is 0 Å². The van der Waals surface area contributed by atoms with Gasteiger partial charge in [-0.25, -0.2) is 13.1 Å². The minimum Gasteiger partial charge on any atom is -0.495 e. The molecule has 0 radical (unpaired) electrons. The zero-order valence-electron chi connectivity index (χ0n) is 15.9. The minimum absolute atomic E-state index is 0.0386. The predicted molar refractivity (Wildman–Crippen MR) is 103 cm³/mol. The molecule has 2 rings (SSSR count). The Hall–Kier alpha value is -2.65. The SMILES string of the molecule is COc1ccc(C=Cc2onc(C)c2NC(C)=O)cc1S(=O)(=O)NC(C)C. The van der Waals surface area contributed by atoms with Gasteiger partial charge in [0, 0.05) is 13.0 Å². The molecule has 2 N–H and O–H groups in total. The van der Waals surface area contributed by atoms with E-state index >= 15 is 0 Å². The van der Waals surface area contributed by atoms with Crippen molar-refractivity contribution in [3.8, 4) is 5.75 Å². The van der Waals surface area contributed by atoms with Gasteiger partial charge >= 0.3 is 0 Å². The van der Waals surface area contributed by atoms with E-state index in [-0.39, 0.29) is 22.6 Å². The lowest BCUT2D eigenvalue weighted by Gasteiger charge is -2.13. The van der Waals surface area contributed by atoms with Crippen LogP contribution in [0.3, 0.4) is 0 Å². The molecule has 0 bridgehead atoms. The summed E-state index contributed by atoms with van der Waals surface area (Å²) < 4.78 is 38.0. The number of carbonyl (C=O) groups is 1. The van der Waals surface area contributed by atoms with Gasteiger partial charge in [0.1, 0.15) is 22.0 Å². The van der Waals surface area contributed by atoms with Crippen molar-refractivity contribution in [2.24, 2.45) is 0 Å². The van der Waals surface area contributed by atoms with Crippen molar-refractivity contribution in [3.63, 3.8) is 0 Å². The van der Waals surface area contributed by atoms with Crippen LogP contribution >= 0.6 is 0 Å². The molecule has 1 amide bonds. The number of ether oxygens (including phenoxy) is 1. The van der Waals surface area contributed by atoms with Gasteiger partial charge in [-0.3, -0.25) is 4.79 Å². The minimum atomic E-state index is -3.73. The molecule has 27 heavy (non-hydrogen) atoms. The van der Waals surface area contributed by atoms with Crippen molar-refractivity contribution in [1.29, 1.82) is 0 Å². The second-order valence-corrected chi connectivity index (χ2v) is 7.89. The van der Waals surface area contributed by atoms with Gasteiger partial charge in [-0.1, -0.05) is 17.3 Å². The van der Waals surface area contributed by atoms with Gasteiger partial charge in [-0.15, -0.1) is 0 Å². The average Bonchev–Trinajstić information content (AvgIpc) is 2.91. The van der Waals surface area contributed by atoms with Gasteiger partial charge in [0.2, 0.25) is 15.9 Å². The summed E-state index contributed by atoms with van der Waals surface area (Å²) in [6.45, 7) is 6.58. The Balaban J connectivity index is 2.40. The van der Waals surface area contributed by atoms with Crippen LogP contribution in [0.5, 0.6) is 5.75 Å². The van der Waals surface area contributed by atoms with Crippen LogP contribution in [0.4, 0.5) is 5.69 Å². The fraction of sp³-hybridized carbons (Fsp3) is 0.333. The van der Waals surface area contributed by atoms with Crippen molar-refractivity contribution in [2.75, 3.05) is 12.4 Å². The van der Waals surface area contributed by atoms with Gasteiger partial charge in [-0.05, 0) is 44.5 Å². The number of aromatic nitrogens is 1. The maximum atomic E-state index is 12.5. The summed E-state index contributed by atoms with van der Waals surface area (Å²) in [6.07, 6.45) is 3.28. The van der Waals surface area contributed by atoms with Gasteiger partial charge in [-0.2, -0.15) is 0 Å². The molecule has 1 aromatic heterocycles. The van der Waals surface area contributed by atoms with E-state index in [1.807, 2.05) is 0 Å². The highest BCUT2D eigenvalue weighted by Crippen LogP contribution is 2.27. The van der Waals surface area contributed by atoms with E-state index in [1.54, 1.807) is 45.1 Å². The zero-order chi connectivity index (χ0) is 20.2. The molecule has 1 heterocycles. The lowest BCUT2D eigenvalue weighted by atomic mass is 10.2. The van der Waals surface area contributed by atoms with E-state index in [1.165, 1.54) is 20.1 Å². The first-order chi connectivity index (χ1) is 12.6. The highest BCUT2D eigenvalue weighted by molar-refractivity contribution is 7.89. The number of anilines is 1. The number of nitrogens with one attached hydrogen (secondary N) is 2. The van der Waals surface area contributed by atoms with Crippen LogP contribution in [0.15, 0.2) is 27.6 Å². The quantitative estimate of drug-likeness (QED) is 0.748. The van der Waals surface area contributed by atoms with Gasteiger partial charge in [0.05, 0.1) is 7.11 Å². The lowest BCUT2D eigenvalue weighted by Crippen LogP contribution is -2.30.